The Labute approximate surface area is 227 Å². The number of hydrogen-bond acceptors (Lipinski definition) is 8. The van der Waals surface area contributed by atoms with Crippen molar-refractivity contribution in [3.8, 4) is 0 Å². The van der Waals surface area contributed by atoms with E-state index in [2.05, 4.69) is 49.1 Å². The van der Waals surface area contributed by atoms with Crippen LogP contribution in [0.15, 0.2) is 66.7 Å². The molecule has 0 N–H and O–H groups in total. The number of nitrogens with zero attached hydrogens (tertiary/aromatic N) is 4. The molecule has 0 aromatic heterocycles. The van der Waals surface area contributed by atoms with Crippen LogP contribution in [0.5, 0.6) is 0 Å². The Bertz CT molecular complexity index is 1290. The molecule has 0 radical (unpaired) electrons. The second kappa shape index (κ2) is 13.7. The number of non-ortho nitro benzene ring substituents is 2. The van der Waals surface area contributed by atoms with Gasteiger partial charge in [0.25, 0.3) is 11.4 Å². The molecule has 0 bridgehead atoms. The molecule has 0 aliphatic rings. The maximum atomic E-state index is 12.4. The number of ether oxygens (including phenoxy) is 1. The van der Waals surface area contributed by atoms with Crippen molar-refractivity contribution in [3.05, 3.63) is 104 Å². The fourth-order valence-electron chi connectivity index (χ4n) is 4.10. The summed E-state index contributed by atoms with van der Waals surface area (Å²) in [4.78, 5) is 37.3. The van der Waals surface area contributed by atoms with Gasteiger partial charge in [0.15, 0.2) is 0 Å². The number of carbonyl (C=O) groups is 1. The monoisotopic (exact) mass is 532 g/mol. The first-order valence-electron chi connectivity index (χ1n) is 12.7. The van der Waals surface area contributed by atoms with Crippen LogP contribution in [0, 0.1) is 20.2 Å². The van der Waals surface area contributed by atoms with Gasteiger partial charge in [-0.05, 0) is 56.2 Å². The van der Waals surface area contributed by atoms with E-state index in [0.29, 0.717) is 13.1 Å². The molecule has 0 aliphatic heterocycles. The average Bonchev–Trinajstić information content (AvgIpc) is 2.95. The standard InChI is InChI=1S/C29H32N4O6/c1-4-30(5-2)25-13-9-22(10-14-25)7-8-23-11-15-26(16-12-23)31(6-3)17-18-39-29(34)24-19-27(32(35)36)21-28(20-24)33(37)38/h7-16,19-21H,4-6,17-18H2,1-3H3. The lowest BCUT2D eigenvalue weighted by Gasteiger charge is -2.23. The van der Waals surface area contributed by atoms with E-state index in [-0.39, 0.29) is 12.2 Å². The molecule has 204 valence electrons. The SMILES string of the molecule is CCN(CC)c1ccc(C=Cc2ccc(N(CC)CCOC(=O)c3cc([N+](=O)[O-])cc([N+](=O)[O-])c3)cc2)cc1. The summed E-state index contributed by atoms with van der Waals surface area (Å²) in [5, 5.41) is 22.1. The van der Waals surface area contributed by atoms with E-state index >= 15 is 0 Å². The number of esters is 1. The van der Waals surface area contributed by atoms with Crippen molar-refractivity contribution in [3.63, 3.8) is 0 Å². The lowest BCUT2D eigenvalue weighted by Crippen LogP contribution is -2.28. The minimum atomic E-state index is -0.858. The van der Waals surface area contributed by atoms with Gasteiger partial charge in [-0.15, -0.1) is 0 Å². The van der Waals surface area contributed by atoms with Crippen LogP contribution in [-0.2, 0) is 4.74 Å². The fourth-order valence-corrected chi connectivity index (χ4v) is 4.10. The predicted molar refractivity (Wildman–Crippen MR) is 153 cm³/mol. The van der Waals surface area contributed by atoms with Gasteiger partial charge in [-0.3, -0.25) is 20.2 Å². The van der Waals surface area contributed by atoms with E-state index in [1.165, 1.54) is 5.69 Å². The van der Waals surface area contributed by atoms with Gasteiger partial charge >= 0.3 is 5.97 Å². The number of rotatable bonds is 13. The number of hydrogen-bond donors (Lipinski definition) is 0. The van der Waals surface area contributed by atoms with Gasteiger partial charge in [0, 0.05) is 43.1 Å². The smallest absolute Gasteiger partial charge is 0.338 e. The van der Waals surface area contributed by atoms with Crippen LogP contribution in [0.4, 0.5) is 22.7 Å². The number of anilines is 2. The molecule has 0 saturated heterocycles. The van der Waals surface area contributed by atoms with E-state index < -0.39 is 27.2 Å². The highest BCUT2D eigenvalue weighted by atomic mass is 16.6. The second-order valence-corrected chi connectivity index (χ2v) is 8.66. The van der Waals surface area contributed by atoms with E-state index in [1.807, 2.05) is 42.2 Å². The largest absolute Gasteiger partial charge is 0.460 e. The van der Waals surface area contributed by atoms with Gasteiger partial charge in [-0.1, -0.05) is 36.4 Å². The number of nitro benzene ring substituents is 2. The van der Waals surface area contributed by atoms with Crippen LogP contribution in [0.3, 0.4) is 0 Å². The summed E-state index contributed by atoms with van der Waals surface area (Å²) in [6.07, 6.45) is 4.11. The summed E-state index contributed by atoms with van der Waals surface area (Å²) in [7, 11) is 0. The van der Waals surface area contributed by atoms with E-state index in [1.54, 1.807) is 0 Å². The lowest BCUT2D eigenvalue weighted by molar-refractivity contribution is -0.394. The Morgan fingerprint density at radius 3 is 1.59 bits per heavy atom. The normalized spacial score (nSPS) is 10.8. The van der Waals surface area contributed by atoms with Crippen LogP contribution in [0.2, 0.25) is 0 Å². The Morgan fingerprint density at radius 2 is 1.18 bits per heavy atom. The zero-order valence-electron chi connectivity index (χ0n) is 22.3. The molecule has 0 heterocycles. The first-order valence-corrected chi connectivity index (χ1v) is 12.7. The summed E-state index contributed by atoms with van der Waals surface area (Å²) < 4.78 is 5.26. The molecular weight excluding hydrogens is 500 g/mol. The zero-order chi connectivity index (χ0) is 28.4. The minimum Gasteiger partial charge on any atom is -0.460 e. The molecule has 0 spiro atoms. The Balaban J connectivity index is 1.58. The van der Waals surface area contributed by atoms with Crippen LogP contribution in [0.25, 0.3) is 12.2 Å². The van der Waals surface area contributed by atoms with E-state index in [9.17, 15) is 25.0 Å². The first kappa shape index (κ1) is 28.8. The van der Waals surface area contributed by atoms with Gasteiger partial charge in [-0.2, -0.15) is 0 Å². The van der Waals surface area contributed by atoms with Gasteiger partial charge in [0.1, 0.15) is 6.61 Å². The molecule has 0 aliphatic carbocycles. The van der Waals surface area contributed by atoms with Crippen molar-refractivity contribution in [2.45, 2.75) is 20.8 Å². The summed E-state index contributed by atoms with van der Waals surface area (Å²) >= 11 is 0. The summed E-state index contributed by atoms with van der Waals surface area (Å²) in [6.45, 7) is 9.25. The zero-order valence-corrected chi connectivity index (χ0v) is 22.3. The van der Waals surface area contributed by atoms with Crippen molar-refractivity contribution < 1.29 is 19.4 Å². The maximum absolute atomic E-state index is 12.4. The molecule has 10 nitrogen and oxygen atoms in total. The minimum absolute atomic E-state index is 0.00824. The number of benzene rings is 3. The molecule has 0 fully saturated rings. The molecule has 0 unspecified atom stereocenters. The molecule has 3 aromatic rings. The van der Waals surface area contributed by atoms with Crippen molar-refractivity contribution in [1.29, 1.82) is 0 Å². The summed E-state index contributed by atoms with van der Waals surface area (Å²) in [5.41, 5.74) is 2.98. The second-order valence-electron chi connectivity index (χ2n) is 8.66. The van der Waals surface area contributed by atoms with Crippen LogP contribution in [-0.4, -0.2) is 48.6 Å². The lowest BCUT2D eigenvalue weighted by atomic mass is 10.1. The van der Waals surface area contributed by atoms with Crippen molar-refractivity contribution >= 4 is 40.9 Å². The van der Waals surface area contributed by atoms with Gasteiger partial charge in [-0.25, -0.2) is 4.79 Å². The topological polar surface area (TPSA) is 119 Å². The van der Waals surface area contributed by atoms with Crippen molar-refractivity contribution in [2.75, 3.05) is 42.6 Å². The van der Waals surface area contributed by atoms with E-state index in [4.69, 9.17) is 4.74 Å². The summed E-state index contributed by atoms with van der Waals surface area (Å²) in [5.74, 6) is -0.858. The van der Waals surface area contributed by atoms with Crippen LogP contribution < -0.4 is 9.80 Å². The average molecular weight is 533 g/mol. The maximum Gasteiger partial charge on any atom is 0.338 e. The highest BCUT2D eigenvalue weighted by molar-refractivity contribution is 5.91. The van der Waals surface area contributed by atoms with Crippen molar-refractivity contribution in [2.24, 2.45) is 0 Å². The van der Waals surface area contributed by atoms with Gasteiger partial charge in [0.2, 0.25) is 0 Å². The number of likely N-dealkylation sites (N-methyl/N-ethyl adjacent to an activating group) is 1. The fraction of sp³-hybridized carbons (Fsp3) is 0.276. The third-order valence-electron chi connectivity index (χ3n) is 6.28. The molecular formula is C29H32N4O6. The third-order valence-corrected chi connectivity index (χ3v) is 6.28. The van der Waals surface area contributed by atoms with Gasteiger partial charge in [0.05, 0.1) is 28.0 Å². The Kier molecular flexibility index (Phi) is 10.1. The Hall–Kier alpha value is -4.73. The molecule has 3 aromatic carbocycles. The first-order chi connectivity index (χ1) is 18.7. The highest BCUT2D eigenvalue weighted by Gasteiger charge is 2.21. The predicted octanol–water partition coefficient (Wildman–Crippen LogP) is 6.20. The van der Waals surface area contributed by atoms with Crippen molar-refractivity contribution in [1.82, 2.24) is 0 Å². The quantitative estimate of drug-likeness (QED) is 0.110. The third kappa shape index (κ3) is 7.88. The highest BCUT2D eigenvalue weighted by Crippen LogP contribution is 2.23. The summed E-state index contributed by atoms with van der Waals surface area (Å²) in [6, 6.07) is 19.2. The molecule has 0 atom stereocenters. The molecule has 39 heavy (non-hydrogen) atoms. The molecule has 3 rings (SSSR count). The molecule has 0 saturated carbocycles. The Morgan fingerprint density at radius 1 is 0.744 bits per heavy atom. The van der Waals surface area contributed by atoms with Gasteiger partial charge < -0.3 is 14.5 Å². The molecule has 10 heteroatoms. The van der Waals surface area contributed by atoms with Crippen LogP contribution in [0.1, 0.15) is 42.3 Å². The van der Waals surface area contributed by atoms with E-state index in [0.717, 1.165) is 48.1 Å². The van der Waals surface area contributed by atoms with Crippen LogP contribution >= 0.6 is 0 Å². The number of nitro groups is 2. The number of carbonyl (C=O) groups excluding carboxylic acids is 1. The molecule has 0 amide bonds.